The van der Waals surface area contributed by atoms with Gasteiger partial charge in [-0.05, 0) is 42.3 Å². The van der Waals surface area contributed by atoms with Crippen LogP contribution < -0.4 is 9.64 Å². The highest BCUT2D eigenvalue weighted by atomic mass is 35.5. The van der Waals surface area contributed by atoms with Gasteiger partial charge in [0.15, 0.2) is 16.4 Å². The Morgan fingerprint density at radius 3 is 2.40 bits per heavy atom. The molecule has 0 aromatic heterocycles. The van der Waals surface area contributed by atoms with Crippen LogP contribution in [-0.4, -0.2) is 57.5 Å². The zero-order valence-electron chi connectivity index (χ0n) is 16.8. The molecule has 0 N–H and O–H groups in total. The Balaban J connectivity index is 1.75. The van der Waals surface area contributed by atoms with Crippen molar-refractivity contribution in [3.05, 3.63) is 58.1 Å². The number of halogens is 2. The molecule has 1 fully saturated rings. The van der Waals surface area contributed by atoms with Crippen LogP contribution in [0.5, 0.6) is 5.75 Å². The van der Waals surface area contributed by atoms with Gasteiger partial charge >= 0.3 is 0 Å². The fourth-order valence-electron chi connectivity index (χ4n) is 3.35. The molecule has 0 aliphatic carbocycles. The van der Waals surface area contributed by atoms with Crippen LogP contribution in [0.15, 0.2) is 42.5 Å². The van der Waals surface area contributed by atoms with E-state index in [9.17, 15) is 13.2 Å². The van der Waals surface area contributed by atoms with E-state index in [-0.39, 0.29) is 30.1 Å². The Morgan fingerprint density at radius 2 is 1.83 bits per heavy atom. The molecule has 1 aliphatic rings. The van der Waals surface area contributed by atoms with Gasteiger partial charge in [0.1, 0.15) is 5.75 Å². The van der Waals surface area contributed by atoms with E-state index >= 15 is 0 Å². The second kappa shape index (κ2) is 9.45. The average molecular weight is 471 g/mol. The molecule has 1 saturated heterocycles. The van der Waals surface area contributed by atoms with E-state index in [1.54, 1.807) is 17.0 Å². The first-order valence-corrected chi connectivity index (χ1v) is 12.1. The molecule has 1 heterocycles. The van der Waals surface area contributed by atoms with Crippen LogP contribution in [0, 0.1) is 0 Å². The second-order valence-electron chi connectivity index (χ2n) is 7.50. The number of amides is 1. The van der Waals surface area contributed by atoms with Crippen molar-refractivity contribution in [3.63, 3.8) is 0 Å². The van der Waals surface area contributed by atoms with Gasteiger partial charge in [-0.1, -0.05) is 35.3 Å². The van der Waals surface area contributed by atoms with Gasteiger partial charge in [0, 0.05) is 37.4 Å². The molecule has 1 amide bonds. The summed E-state index contributed by atoms with van der Waals surface area (Å²) in [5, 5.41) is 0.780. The van der Waals surface area contributed by atoms with Gasteiger partial charge in [0.2, 0.25) is 0 Å². The first-order valence-electron chi connectivity index (χ1n) is 9.48. The van der Waals surface area contributed by atoms with Crippen molar-refractivity contribution in [2.75, 3.05) is 37.1 Å². The molecule has 3 rings (SSSR count). The Kier molecular flexibility index (Phi) is 7.16. The predicted molar refractivity (Wildman–Crippen MR) is 120 cm³/mol. The van der Waals surface area contributed by atoms with Gasteiger partial charge < -0.3 is 14.5 Å². The van der Waals surface area contributed by atoms with Crippen LogP contribution in [-0.2, 0) is 21.2 Å². The molecule has 0 unspecified atom stereocenters. The molecule has 0 bridgehead atoms. The van der Waals surface area contributed by atoms with Crippen LogP contribution in [0.1, 0.15) is 12.0 Å². The Labute approximate surface area is 187 Å². The van der Waals surface area contributed by atoms with Crippen LogP contribution in [0.2, 0.25) is 10.0 Å². The minimum absolute atomic E-state index is 0.0315. The number of ether oxygens (including phenoxy) is 1. The maximum absolute atomic E-state index is 13.0. The van der Waals surface area contributed by atoms with E-state index in [0.717, 1.165) is 11.3 Å². The van der Waals surface area contributed by atoms with Crippen molar-refractivity contribution in [2.45, 2.75) is 19.0 Å². The SMILES string of the molecule is CN(C)c1ccc(CN(C(=O)COc2ccc(Cl)cc2Cl)[C@H]2CCS(=O)(=O)C2)cc1. The number of rotatable bonds is 7. The third-order valence-corrected chi connectivity index (χ3v) is 7.30. The lowest BCUT2D eigenvalue weighted by Crippen LogP contribution is -2.43. The summed E-state index contributed by atoms with van der Waals surface area (Å²) in [5.74, 6) is 0.115. The number of hydrogen-bond acceptors (Lipinski definition) is 5. The molecule has 2 aromatic carbocycles. The first-order chi connectivity index (χ1) is 14.1. The van der Waals surface area contributed by atoms with Gasteiger partial charge in [-0.15, -0.1) is 0 Å². The van der Waals surface area contributed by atoms with Gasteiger partial charge in [-0.3, -0.25) is 4.79 Å². The molecule has 2 aromatic rings. The molecular weight excluding hydrogens is 447 g/mol. The predicted octanol–water partition coefficient (Wildman–Crippen LogP) is 3.65. The number of carbonyl (C=O) groups excluding carboxylic acids is 1. The lowest BCUT2D eigenvalue weighted by Gasteiger charge is -2.28. The monoisotopic (exact) mass is 470 g/mol. The molecule has 9 heteroatoms. The number of nitrogens with zero attached hydrogens (tertiary/aromatic N) is 2. The summed E-state index contributed by atoms with van der Waals surface area (Å²) in [6.07, 6.45) is 0.422. The van der Waals surface area contributed by atoms with Crippen molar-refractivity contribution in [3.8, 4) is 5.75 Å². The Morgan fingerprint density at radius 1 is 1.13 bits per heavy atom. The van der Waals surface area contributed by atoms with Crippen LogP contribution in [0.3, 0.4) is 0 Å². The van der Waals surface area contributed by atoms with E-state index in [4.69, 9.17) is 27.9 Å². The lowest BCUT2D eigenvalue weighted by molar-refractivity contribution is -0.136. The highest BCUT2D eigenvalue weighted by molar-refractivity contribution is 7.91. The van der Waals surface area contributed by atoms with E-state index in [2.05, 4.69) is 0 Å². The average Bonchev–Trinajstić information content (AvgIpc) is 3.05. The Bertz CT molecular complexity index is 1010. The molecule has 1 atom stereocenters. The topological polar surface area (TPSA) is 66.9 Å². The van der Waals surface area contributed by atoms with Gasteiger partial charge in [-0.2, -0.15) is 0 Å². The smallest absolute Gasteiger partial charge is 0.261 e. The normalized spacial score (nSPS) is 17.5. The minimum Gasteiger partial charge on any atom is -0.482 e. The summed E-state index contributed by atoms with van der Waals surface area (Å²) in [6, 6.07) is 12.2. The zero-order valence-corrected chi connectivity index (χ0v) is 19.2. The molecule has 0 saturated carbocycles. The lowest BCUT2D eigenvalue weighted by atomic mass is 10.1. The summed E-state index contributed by atoms with van der Waals surface area (Å²) in [5.41, 5.74) is 1.96. The van der Waals surface area contributed by atoms with E-state index in [1.165, 1.54) is 6.07 Å². The van der Waals surface area contributed by atoms with Gasteiger partial charge in [-0.25, -0.2) is 8.42 Å². The van der Waals surface area contributed by atoms with E-state index in [0.29, 0.717) is 28.8 Å². The number of benzene rings is 2. The maximum Gasteiger partial charge on any atom is 0.261 e. The summed E-state index contributed by atoms with van der Waals surface area (Å²) in [6.45, 7) is 0.0676. The standard InChI is InChI=1S/C21H24Cl2N2O4S/c1-24(2)17-6-3-15(4-7-17)12-25(18-9-10-30(27,28)14-18)21(26)13-29-20-8-5-16(22)11-19(20)23/h3-8,11,18H,9-10,12-14H2,1-2H3/t18-/m0/s1. The first kappa shape index (κ1) is 22.7. The molecule has 0 radical (unpaired) electrons. The highest BCUT2D eigenvalue weighted by Gasteiger charge is 2.34. The fraction of sp³-hybridized carbons (Fsp3) is 0.381. The fourth-order valence-corrected chi connectivity index (χ4v) is 5.55. The van der Waals surface area contributed by atoms with Crippen molar-refractivity contribution >= 4 is 44.6 Å². The summed E-state index contributed by atoms with van der Waals surface area (Å²) >= 11 is 12.0. The molecule has 6 nitrogen and oxygen atoms in total. The van der Waals surface area contributed by atoms with Crippen LogP contribution in [0.25, 0.3) is 0 Å². The van der Waals surface area contributed by atoms with Gasteiger partial charge in [0.25, 0.3) is 5.91 Å². The number of carbonyl (C=O) groups is 1. The molecule has 30 heavy (non-hydrogen) atoms. The zero-order chi connectivity index (χ0) is 21.9. The van der Waals surface area contributed by atoms with Crippen molar-refractivity contribution in [2.24, 2.45) is 0 Å². The highest BCUT2D eigenvalue weighted by Crippen LogP contribution is 2.28. The summed E-state index contributed by atoms with van der Waals surface area (Å²) in [7, 11) is 0.764. The van der Waals surface area contributed by atoms with Crippen LogP contribution in [0.4, 0.5) is 5.69 Å². The maximum atomic E-state index is 13.0. The third-order valence-electron chi connectivity index (χ3n) is 5.02. The third kappa shape index (κ3) is 5.80. The Hall–Kier alpha value is -1.96. The molecule has 162 valence electrons. The number of anilines is 1. The summed E-state index contributed by atoms with van der Waals surface area (Å²) in [4.78, 5) is 16.6. The van der Waals surface area contributed by atoms with E-state index in [1.807, 2.05) is 43.3 Å². The quantitative estimate of drug-likeness (QED) is 0.617. The number of hydrogen-bond donors (Lipinski definition) is 0. The minimum atomic E-state index is -3.14. The van der Waals surface area contributed by atoms with Crippen LogP contribution >= 0.6 is 23.2 Å². The summed E-state index contributed by atoms with van der Waals surface area (Å²) < 4.78 is 29.6. The van der Waals surface area contributed by atoms with Gasteiger partial charge in [0.05, 0.1) is 16.5 Å². The van der Waals surface area contributed by atoms with Crippen molar-refractivity contribution in [1.82, 2.24) is 4.90 Å². The molecule has 1 aliphatic heterocycles. The largest absolute Gasteiger partial charge is 0.482 e. The van der Waals surface area contributed by atoms with Crippen molar-refractivity contribution in [1.29, 1.82) is 0 Å². The molecular formula is C21H24Cl2N2O4S. The molecule has 0 spiro atoms. The van der Waals surface area contributed by atoms with Crippen molar-refractivity contribution < 1.29 is 17.9 Å². The number of sulfone groups is 1. The second-order valence-corrected chi connectivity index (χ2v) is 10.6. The van der Waals surface area contributed by atoms with E-state index < -0.39 is 9.84 Å².